The Labute approximate surface area is 218 Å². The van der Waals surface area contributed by atoms with E-state index >= 15 is 0 Å². The van der Waals surface area contributed by atoms with E-state index in [0.29, 0.717) is 36.2 Å². The topological polar surface area (TPSA) is 85.8 Å². The maximum atomic E-state index is 12.7. The molecule has 0 bridgehead atoms. The second-order valence-corrected chi connectivity index (χ2v) is 9.66. The number of hydrogen-bond donors (Lipinski definition) is 1. The number of rotatable bonds is 6. The van der Waals surface area contributed by atoms with Crippen molar-refractivity contribution in [2.75, 3.05) is 25.5 Å². The summed E-state index contributed by atoms with van der Waals surface area (Å²) in [5, 5.41) is 3.37. The van der Waals surface area contributed by atoms with Gasteiger partial charge >= 0.3 is 6.09 Å². The lowest BCUT2D eigenvalue weighted by Crippen LogP contribution is -2.42. The summed E-state index contributed by atoms with van der Waals surface area (Å²) in [5.41, 5.74) is 0.938. The summed E-state index contributed by atoms with van der Waals surface area (Å²) in [7, 11) is 1.61. The number of nitrogens with zero attached hydrogens (tertiary/aromatic N) is 3. The largest absolute Gasteiger partial charge is 0.497 e. The number of benzene rings is 2. The lowest BCUT2D eigenvalue weighted by Gasteiger charge is -2.29. The molecular formula is C29H32N4O4. The van der Waals surface area contributed by atoms with Crippen LogP contribution < -0.4 is 14.8 Å². The monoisotopic (exact) mass is 500 g/mol. The molecule has 1 aromatic heterocycles. The number of ether oxygens (including phenoxy) is 3. The van der Waals surface area contributed by atoms with Crippen LogP contribution >= 0.6 is 0 Å². The van der Waals surface area contributed by atoms with Gasteiger partial charge in [-0.25, -0.2) is 9.78 Å². The number of likely N-dealkylation sites (tertiary alicyclic amines) is 1. The first-order chi connectivity index (χ1) is 17.8. The lowest BCUT2D eigenvalue weighted by atomic mass is 10.2. The molecule has 0 aliphatic carbocycles. The number of hydrogen-bond acceptors (Lipinski definition) is 7. The highest BCUT2D eigenvalue weighted by atomic mass is 16.6. The molecule has 1 aliphatic heterocycles. The summed E-state index contributed by atoms with van der Waals surface area (Å²) in [6, 6.07) is 16.9. The molecule has 1 amide bonds. The van der Waals surface area contributed by atoms with Gasteiger partial charge in [0.15, 0.2) is 0 Å². The molecule has 3 aromatic rings. The third kappa shape index (κ3) is 7.37. The van der Waals surface area contributed by atoms with E-state index in [1.54, 1.807) is 30.3 Å². The molecule has 0 radical (unpaired) electrons. The van der Waals surface area contributed by atoms with Gasteiger partial charge in [-0.15, -0.1) is 0 Å². The fourth-order valence-electron chi connectivity index (χ4n) is 3.87. The molecule has 0 saturated carbocycles. The summed E-state index contributed by atoms with van der Waals surface area (Å²) in [6.07, 6.45) is 3.16. The van der Waals surface area contributed by atoms with Gasteiger partial charge in [0.2, 0.25) is 11.7 Å². The summed E-state index contributed by atoms with van der Waals surface area (Å²) < 4.78 is 16.9. The molecule has 2 heterocycles. The fourth-order valence-corrected chi connectivity index (χ4v) is 3.87. The van der Waals surface area contributed by atoms with Crippen LogP contribution in [0, 0.1) is 11.8 Å². The van der Waals surface area contributed by atoms with Gasteiger partial charge in [-0.1, -0.05) is 24.1 Å². The lowest BCUT2D eigenvalue weighted by molar-refractivity contribution is 0.0235. The first-order valence-electron chi connectivity index (χ1n) is 12.3. The van der Waals surface area contributed by atoms with Crippen LogP contribution in [0.1, 0.15) is 45.0 Å². The van der Waals surface area contributed by atoms with Gasteiger partial charge in [0.05, 0.1) is 19.3 Å². The van der Waals surface area contributed by atoms with Crippen LogP contribution in [0.15, 0.2) is 60.8 Å². The number of nitrogens with one attached hydrogen (secondary N) is 1. The quantitative estimate of drug-likeness (QED) is 0.448. The summed E-state index contributed by atoms with van der Waals surface area (Å²) in [4.78, 5) is 23.4. The molecule has 192 valence electrons. The first kappa shape index (κ1) is 25.8. The van der Waals surface area contributed by atoms with Crippen molar-refractivity contribution < 1.29 is 19.0 Å². The van der Waals surface area contributed by atoms with E-state index in [2.05, 4.69) is 27.1 Å². The molecule has 0 spiro atoms. The zero-order valence-electron chi connectivity index (χ0n) is 21.7. The average molecular weight is 501 g/mol. The molecule has 4 rings (SSSR count). The highest BCUT2D eigenvalue weighted by Gasteiger charge is 2.32. The molecule has 8 nitrogen and oxygen atoms in total. The van der Waals surface area contributed by atoms with E-state index in [-0.39, 0.29) is 12.1 Å². The predicted molar refractivity (Wildman–Crippen MR) is 142 cm³/mol. The molecule has 0 unspecified atom stereocenters. The Bertz CT molecular complexity index is 1260. The predicted octanol–water partition coefficient (Wildman–Crippen LogP) is 5.49. The van der Waals surface area contributed by atoms with Gasteiger partial charge in [0, 0.05) is 18.7 Å². The molecule has 1 saturated heterocycles. The summed E-state index contributed by atoms with van der Waals surface area (Å²) >= 11 is 0. The number of amides is 1. The van der Waals surface area contributed by atoms with Crippen molar-refractivity contribution >= 4 is 11.8 Å². The van der Waals surface area contributed by atoms with Gasteiger partial charge in [0.1, 0.15) is 22.8 Å². The summed E-state index contributed by atoms with van der Waals surface area (Å²) in [6.45, 7) is 6.79. The number of anilines is 1. The molecule has 1 atom stereocenters. The Morgan fingerprint density at radius 2 is 1.81 bits per heavy atom. The molecule has 37 heavy (non-hydrogen) atoms. The van der Waals surface area contributed by atoms with Gasteiger partial charge in [0.25, 0.3) is 0 Å². The van der Waals surface area contributed by atoms with Crippen LogP contribution in [-0.4, -0.2) is 52.8 Å². The minimum Gasteiger partial charge on any atom is -0.497 e. The van der Waals surface area contributed by atoms with Crippen molar-refractivity contribution in [3.63, 3.8) is 0 Å². The number of carbonyl (C=O) groups excluding carboxylic acids is 1. The maximum Gasteiger partial charge on any atom is 0.410 e. The molecule has 1 aliphatic rings. The highest BCUT2D eigenvalue weighted by Crippen LogP contribution is 2.29. The smallest absolute Gasteiger partial charge is 0.410 e. The van der Waals surface area contributed by atoms with Crippen LogP contribution in [-0.2, 0) is 4.74 Å². The van der Waals surface area contributed by atoms with Crippen LogP contribution in [0.4, 0.5) is 10.5 Å². The van der Waals surface area contributed by atoms with Crippen LogP contribution in [0.2, 0.25) is 0 Å². The van der Waals surface area contributed by atoms with E-state index in [1.165, 1.54) is 0 Å². The molecule has 2 aromatic carbocycles. The molecule has 8 heteroatoms. The van der Waals surface area contributed by atoms with Crippen molar-refractivity contribution in [2.45, 2.75) is 45.3 Å². The second kappa shape index (κ2) is 11.7. The summed E-state index contributed by atoms with van der Waals surface area (Å²) in [5.74, 6) is 8.09. The number of carbonyl (C=O) groups is 1. The minimum atomic E-state index is -0.540. The SMILES string of the molecule is COc1ccc(Oc2nc(C#Cc3ccccc3)ncc2NC[C@@H]2CCCN2C(=O)OC(C)(C)C)cc1. The van der Waals surface area contributed by atoms with E-state index in [1.807, 2.05) is 63.2 Å². The van der Waals surface area contributed by atoms with Crippen molar-refractivity contribution in [3.8, 4) is 29.2 Å². The Balaban J connectivity index is 1.53. The van der Waals surface area contributed by atoms with Crippen LogP contribution in [0.3, 0.4) is 0 Å². The third-order valence-electron chi connectivity index (χ3n) is 5.65. The number of methoxy groups -OCH3 is 1. The third-order valence-corrected chi connectivity index (χ3v) is 5.65. The van der Waals surface area contributed by atoms with Crippen molar-refractivity contribution in [1.29, 1.82) is 0 Å². The van der Waals surface area contributed by atoms with Gasteiger partial charge in [-0.05, 0) is 75.9 Å². The van der Waals surface area contributed by atoms with E-state index in [4.69, 9.17) is 14.2 Å². The second-order valence-electron chi connectivity index (χ2n) is 9.66. The fraction of sp³-hybridized carbons (Fsp3) is 0.345. The van der Waals surface area contributed by atoms with Crippen molar-refractivity contribution in [3.05, 3.63) is 72.2 Å². The molecular weight excluding hydrogens is 468 g/mol. The Hall–Kier alpha value is -4.25. The average Bonchev–Trinajstić information content (AvgIpc) is 3.36. The maximum absolute atomic E-state index is 12.7. The Morgan fingerprint density at radius 1 is 1.08 bits per heavy atom. The van der Waals surface area contributed by atoms with Crippen LogP contribution in [0.25, 0.3) is 0 Å². The zero-order valence-corrected chi connectivity index (χ0v) is 21.7. The van der Waals surface area contributed by atoms with Gasteiger partial charge < -0.3 is 24.4 Å². The van der Waals surface area contributed by atoms with E-state index < -0.39 is 5.60 Å². The van der Waals surface area contributed by atoms with Crippen molar-refractivity contribution in [2.24, 2.45) is 0 Å². The van der Waals surface area contributed by atoms with E-state index in [0.717, 1.165) is 24.2 Å². The van der Waals surface area contributed by atoms with Crippen LogP contribution in [0.5, 0.6) is 17.4 Å². The first-order valence-corrected chi connectivity index (χ1v) is 12.3. The standard InChI is InChI=1S/C29H32N4O4/c1-29(2,3)37-28(34)33-18-8-11-22(33)19-30-25-20-31-26(17-12-21-9-6-5-7-10-21)32-27(25)36-24-15-13-23(35-4)14-16-24/h5-7,9-10,13-16,20,22,30H,8,11,18-19H2,1-4H3/t22-/m0/s1. The molecule has 1 N–H and O–H groups in total. The van der Waals surface area contributed by atoms with Crippen molar-refractivity contribution in [1.82, 2.24) is 14.9 Å². The van der Waals surface area contributed by atoms with E-state index in [9.17, 15) is 4.79 Å². The Kier molecular flexibility index (Phi) is 8.14. The molecule has 1 fully saturated rings. The zero-order chi connectivity index (χ0) is 26.3. The number of aromatic nitrogens is 2. The Morgan fingerprint density at radius 3 is 2.51 bits per heavy atom. The highest BCUT2D eigenvalue weighted by molar-refractivity contribution is 5.69. The van der Waals surface area contributed by atoms with Gasteiger partial charge in [-0.3, -0.25) is 0 Å². The minimum absolute atomic E-state index is 0.0127. The normalized spacial score (nSPS) is 14.9. The van der Waals surface area contributed by atoms with Gasteiger partial charge in [-0.2, -0.15) is 4.98 Å².